The number of amides is 1. The fourth-order valence-corrected chi connectivity index (χ4v) is 5.31. The van der Waals surface area contributed by atoms with Gasteiger partial charge < -0.3 is 0 Å². The molecule has 0 aliphatic carbocycles. The topological polar surface area (TPSA) is 29.5 Å². The van der Waals surface area contributed by atoms with Gasteiger partial charge in [-0.15, -0.1) is 0 Å². The van der Waals surface area contributed by atoms with Crippen LogP contribution in [-0.4, -0.2) is 45.5 Å². The minimum absolute atomic E-state index is 0.183. The second kappa shape index (κ2) is 9.02. The van der Waals surface area contributed by atoms with Gasteiger partial charge in [-0.2, -0.15) is 0 Å². The van der Waals surface area contributed by atoms with Gasteiger partial charge in [0.1, 0.15) is 0 Å². The summed E-state index contributed by atoms with van der Waals surface area (Å²) in [6, 6.07) is 20.6. The van der Waals surface area contributed by atoms with E-state index in [9.17, 15) is 4.79 Å². The molecular weight excluding hydrogens is 365 g/mol. The summed E-state index contributed by atoms with van der Waals surface area (Å²) in [6.07, 6.45) is 2.12. The summed E-state index contributed by atoms with van der Waals surface area (Å²) >= 11 is 0.224. The van der Waals surface area contributed by atoms with Gasteiger partial charge in [-0.25, -0.2) is 0 Å². The van der Waals surface area contributed by atoms with Crippen molar-refractivity contribution in [3.05, 3.63) is 66.2 Å². The van der Waals surface area contributed by atoms with E-state index in [1.54, 1.807) is 0 Å². The number of hydrogen-bond donors (Lipinski definition) is 0. The molecule has 1 aliphatic rings. The summed E-state index contributed by atoms with van der Waals surface area (Å²) in [5, 5.41) is 0. The van der Waals surface area contributed by atoms with Crippen molar-refractivity contribution in [3.8, 4) is 0 Å². The van der Waals surface area contributed by atoms with E-state index in [2.05, 4.69) is 36.4 Å². The number of piperidine rings is 1. The first-order chi connectivity index (χ1) is 11.8. The van der Waals surface area contributed by atoms with Gasteiger partial charge in [0, 0.05) is 0 Å². The molecule has 0 aromatic heterocycles. The van der Waals surface area contributed by atoms with Gasteiger partial charge in [0.05, 0.1) is 0 Å². The Labute approximate surface area is 150 Å². The number of carbonyl (C=O) groups is 1. The number of ether oxygens (including phenoxy) is 1. The number of rotatable bonds is 7. The summed E-state index contributed by atoms with van der Waals surface area (Å²) < 4.78 is 7.05. The first-order valence-electron chi connectivity index (χ1n) is 8.45. The Morgan fingerprint density at radius 1 is 1.04 bits per heavy atom. The fraction of sp³-hybridized carbons (Fsp3) is 0.350. The van der Waals surface area contributed by atoms with E-state index in [4.69, 9.17) is 4.74 Å². The third-order valence-electron chi connectivity index (χ3n) is 4.12. The van der Waals surface area contributed by atoms with Crippen LogP contribution in [0.3, 0.4) is 0 Å². The Morgan fingerprint density at radius 2 is 1.75 bits per heavy atom. The van der Waals surface area contributed by atoms with Crippen LogP contribution in [0, 0.1) is 0 Å². The van der Waals surface area contributed by atoms with Crippen molar-refractivity contribution in [2.75, 3.05) is 19.7 Å². The van der Waals surface area contributed by atoms with Crippen LogP contribution >= 0.6 is 0 Å². The van der Waals surface area contributed by atoms with Gasteiger partial charge in [0.15, 0.2) is 0 Å². The monoisotopic (exact) mass is 389 g/mol. The van der Waals surface area contributed by atoms with Gasteiger partial charge in [0.2, 0.25) is 0 Å². The molecule has 1 atom stereocenters. The van der Waals surface area contributed by atoms with Crippen LogP contribution in [-0.2, 0) is 16.1 Å². The molecule has 0 N–H and O–H groups in total. The first kappa shape index (κ1) is 17.2. The summed E-state index contributed by atoms with van der Waals surface area (Å²) in [6.45, 7) is 2.79. The maximum atomic E-state index is 12.7. The van der Waals surface area contributed by atoms with E-state index in [-0.39, 0.29) is 19.8 Å². The van der Waals surface area contributed by atoms with Gasteiger partial charge in [-0.3, -0.25) is 0 Å². The molecule has 126 valence electrons. The van der Waals surface area contributed by atoms with E-state index < -0.39 is 0 Å². The Hall–Kier alpha value is -1.61. The van der Waals surface area contributed by atoms with Gasteiger partial charge >= 0.3 is 150 Å². The van der Waals surface area contributed by atoms with Crippen LogP contribution < -0.4 is 4.46 Å². The van der Waals surface area contributed by atoms with Crippen LogP contribution in [0.5, 0.6) is 0 Å². The molecule has 3 rings (SSSR count). The molecule has 2 aromatic carbocycles. The quantitative estimate of drug-likeness (QED) is 0.539. The Kier molecular flexibility index (Phi) is 6.48. The molecule has 0 radical (unpaired) electrons. The number of likely N-dealkylation sites (tertiary alicyclic amines) is 1. The summed E-state index contributed by atoms with van der Waals surface area (Å²) in [7, 11) is 0. The normalized spacial score (nSPS) is 17.9. The minimum atomic E-state index is 0.183. The Bertz CT molecular complexity index is 633. The SMILES string of the molecule is O=C1C([Se]c2ccccc2)CCCN1CCOCc1ccccc1. The third kappa shape index (κ3) is 4.94. The zero-order chi connectivity index (χ0) is 16.6. The van der Waals surface area contributed by atoms with E-state index in [1.807, 2.05) is 29.2 Å². The average molecular weight is 388 g/mol. The van der Waals surface area contributed by atoms with E-state index >= 15 is 0 Å². The van der Waals surface area contributed by atoms with E-state index in [0.717, 1.165) is 19.4 Å². The van der Waals surface area contributed by atoms with Crippen LogP contribution in [0.1, 0.15) is 18.4 Å². The zero-order valence-corrected chi connectivity index (χ0v) is 15.5. The molecule has 0 bridgehead atoms. The molecule has 0 spiro atoms. The van der Waals surface area contributed by atoms with Gasteiger partial charge in [-0.05, 0) is 0 Å². The van der Waals surface area contributed by atoms with Crippen molar-refractivity contribution in [1.29, 1.82) is 0 Å². The van der Waals surface area contributed by atoms with Crippen molar-refractivity contribution in [2.24, 2.45) is 0 Å². The standard InChI is InChI=1S/C20H23NO2Se/c22-20-19(24-18-10-5-2-6-11-18)12-7-13-21(20)14-15-23-16-17-8-3-1-4-9-17/h1-6,8-11,19H,7,12-16H2. The van der Waals surface area contributed by atoms with Crippen molar-refractivity contribution < 1.29 is 9.53 Å². The first-order valence-corrected chi connectivity index (χ1v) is 10.3. The molecule has 1 unspecified atom stereocenters. The summed E-state index contributed by atoms with van der Waals surface area (Å²) in [5.41, 5.74) is 1.17. The Balaban J connectivity index is 1.44. The predicted molar refractivity (Wildman–Crippen MR) is 97.5 cm³/mol. The molecule has 1 saturated heterocycles. The molecule has 1 fully saturated rings. The molecule has 24 heavy (non-hydrogen) atoms. The van der Waals surface area contributed by atoms with Crippen molar-refractivity contribution >= 4 is 25.3 Å². The molecule has 2 aromatic rings. The zero-order valence-electron chi connectivity index (χ0n) is 13.8. The fourth-order valence-electron chi connectivity index (χ4n) is 2.84. The molecule has 0 saturated carbocycles. The molecule has 1 heterocycles. The van der Waals surface area contributed by atoms with Gasteiger partial charge in [0.25, 0.3) is 0 Å². The van der Waals surface area contributed by atoms with Crippen LogP contribution in [0.4, 0.5) is 0 Å². The van der Waals surface area contributed by atoms with Crippen LogP contribution in [0.25, 0.3) is 0 Å². The van der Waals surface area contributed by atoms with E-state index in [0.29, 0.717) is 25.7 Å². The van der Waals surface area contributed by atoms with Gasteiger partial charge in [-0.1, -0.05) is 0 Å². The van der Waals surface area contributed by atoms with Crippen molar-refractivity contribution in [2.45, 2.75) is 24.3 Å². The second-order valence-electron chi connectivity index (χ2n) is 5.93. The molecule has 1 amide bonds. The van der Waals surface area contributed by atoms with Crippen LogP contribution in [0.2, 0.25) is 4.82 Å². The molecule has 3 nitrogen and oxygen atoms in total. The number of nitrogens with zero attached hydrogens (tertiary/aromatic N) is 1. The Morgan fingerprint density at radius 3 is 2.50 bits per heavy atom. The summed E-state index contributed by atoms with van der Waals surface area (Å²) in [5.74, 6) is 0.313. The third-order valence-corrected chi connectivity index (χ3v) is 6.78. The van der Waals surface area contributed by atoms with Crippen LogP contribution in [0.15, 0.2) is 60.7 Å². The second-order valence-corrected chi connectivity index (χ2v) is 8.60. The predicted octanol–water partition coefficient (Wildman–Crippen LogP) is 2.64. The molecule has 4 heteroatoms. The number of carbonyl (C=O) groups excluding carboxylic acids is 1. The molecular formula is C20H23NO2Se. The summed E-state index contributed by atoms with van der Waals surface area (Å²) in [4.78, 5) is 14.9. The van der Waals surface area contributed by atoms with Crippen molar-refractivity contribution in [1.82, 2.24) is 4.90 Å². The number of benzene rings is 2. The average Bonchev–Trinajstić information content (AvgIpc) is 2.63. The maximum absolute atomic E-state index is 12.7. The number of hydrogen-bond acceptors (Lipinski definition) is 2. The molecule has 1 aliphatic heterocycles. The van der Waals surface area contributed by atoms with E-state index in [1.165, 1.54) is 10.0 Å². The van der Waals surface area contributed by atoms with Crippen molar-refractivity contribution in [3.63, 3.8) is 0 Å².